The molecule has 1 heterocycles. The third kappa shape index (κ3) is 4.70. The van der Waals surface area contributed by atoms with Gasteiger partial charge in [-0.25, -0.2) is 4.79 Å². The molecule has 1 rings (SSSR count). The third-order valence-electron chi connectivity index (χ3n) is 4.31. The summed E-state index contributed by atoms with van der Waals surface area (Å²) >= 11 is 1.71. The first kappa shape index (κ1) is 19.0. The van der Waals surface area contributed by atoms with Crippen LogP contribution in [-0.4, -0.2) is 13.1 Å². The summed E-state index contributed by atoms with van der Waals surface area (Å²) in [4.78, 5) is 14.3. The van der Waals surface area contributed by atoms with Gasteiger partial charge in [0.25, 0.3) is 0 Å². The number of esters is 1. The number of thiophene rings is 1. The average Bonchev–Trinajstić information content (AvgIpc) is 2.87. The monoisotopic (exact) mass is 322 g/mol. The van der Waals surface area contributed by atoms with Crippen LogP contribution in [0.4, 0.5) is 0 Å². The van der Waals surface area contributed by atoms with Gasteiger partial charge in [-0.05, 0) is 31.2 Å². The van der Waals surface area contributed by atoms with Crippen molar-refractivity contribution in [3.8, 4) is 0 Å². The van der Waals surface area contributed by atoms with Gasteiger partial charge >= 0.3 is 5.97 Å². The van der Waals surface area contributed by atoms with Crippen molar-refractivity contribution in [1.29, 1.82) is 0 Å². The summed E-state index contributed by atoms with van der Waals surface area (Å²) < 4.78 is 4.93. The van der Waals surface area contributed by atoms with Crippen LogP contribution in [0.3, 0.4) is 0 Å². The molecule has 0 N–H and O–H groups in total. The van der Waals surface area contributed by atoms with E-state index in [0.29, 0.717) is 11.5 Å². The third-order valence-corrected chi connectivity index (χ3v) is 5.76. The molecule has 0 bridgehead atoms. The van der Waals surface area contributed by atoms with Crippen LogP contribution in [0.15, 0.2) is 6.58 Å². The Morgan fingerprint density at radius 1 is 1.27 bits per heavy atom. The van der Waals surface area contributed by atoms with Crippen molar-refractivity contribution >= 4 is 23.4 Å². The predicted octanol–water partition coefficient (Wildman–Crippen LogP) is 6.34. The van der Waals surface area contributed by atoms with Crippen LogP contribution in [0.2, 0.25) is 0 Å². The molecule has 0 fully saturated rings. The number of methoxy groups -OCH3 is 1. The number of carbonyl (C=O) groups is 1. The number of ether oxygens (including phenoxy) is 1. The molecule has 0 aromatic carbocycles. The zero-order valence-electron chi connectivity index (χ0n) is 14.5. The lowest BCUT2D eigenvalue weighted by Crippen LogP contribution is -2.04. The molecule has 2 nitrogen and oxygen atoms in total. The van der Waals surface area contributed by atoms with E-state index in [1.54, 1.807) is 17.4 Å². The summed E-state index contributed by atoms with van der Waals surface area (Å²) in [6.45, 7) is 10.4. The Bertz CT molecular complexity index is 488. The normalized spacial score (nSPS) is 12.2. The molecule has 124 valence electrons. The summed E-state index contributed by atoms with van der Waals surface area (Å²) in [6.07, 6.45) is 10.6. The Morgan fingerprint density at radius 3 is 2.50 bits per heavy atom. The van der Waals surface area contributed by atoms with Gasteiger partial charge in [0.15, 0.2) is 0 Å². The average molecular weight is 323 g/mol. The van der Waals surface area contributed by atoms with Gasteiger partial charge in [0.05, 0.1) is 12.7 Å². The van der Waals surface area contributed by atoms with Crippen LogP contribution in [0, 0.1) is 6.92 Å². The lowest BCUT2D eigenvalue weighted by atomic mass is 9.93. The maximum atomic E-state index is 12.0. The summed E-state index contributed by atoms with van der Waals surface area (Å²) in [5, 5.41) is 0. The summed E-state index contributed by atoms with van der Waals surface area (Å²) in [5.74, 6) is 0.302. The topological polar surface area (TPSA) is 26.3 Å². The highest BCUT2D eigenvalue weighted by atomic mass is 32.1. The number of rotatable bonds is 10. The second-order valence-electron chi connectivity index (χ2n) is 5.83. The van der Waals surface area contributed by atoms with E-state index in [1.165, 1.54) is 50.5 Å². The van der Waals surface area contributed by atoms with Crippen molar-refractivity contribution in [2.45, 2.75) is 71.6 Å². The van der Waals surface area contributed by atoms with E-state index in [4.69, 9.17) is 4.74 Å². The van der Waals surface area contributed by atoms with Crippen LogP contribution < -0.4 is 0 Å². The highest BCUT2D eigenvalue weighted by Gasteiger charge is 2.23. The van der Waals surface area contributed by atoms with E-state index < -0.39 is 0 Å². The van der Waals surface area contributed by atoms with E-state index in [9.17, 15) is 4.79 Å². The lowest BCUT2D eigenvalue weighted by molar-refractivity contribution is 0.0600. The molecule has 0 radical (unpaired) electrons. The Balaban J connectivity index is 2.86. The van der Waals surface area contributed by atoms with Gasteiger partial charge in [-0.2, -0.15) is 0 Å². The number of hydrogen-bond donors (Lipinski definition) is 0. The van der Waals surface area contributed by atoms with E-state index in [2.05, 4.69) is 20.4 Å². The highest BCUT2D eigenvalue weighted by molar-refractivity contribution is 7.13. The largest absolute Gasteiger partial charge is 0.465 e. The van der Waals surface area contributed by atoms with E-state index in [0.717, 1.165) is 16.9 Å². The second kappa shape index (κ2) is 9.83. The maximum Gasteiger partial charge on any atom is 0.339 e. The molecule has 3 heteroatoms. The Hall–Kier alpha value is -1.09. The fourth-order valence-electron chi connectivity index (χ4n) is 2.96. The molecular formula is C19H30O2S. The molecule has 0 spiro atoms. The van der Waals surface area contributed by atoms with Crippen LogP contribution in [0.25, 0.3) is 6.08 Å². The molecule has 0 saturated carbocycles. The molecule has 0 aliphatic carbocycles. The Labute approximate surface area is 139 Å². The van der Waals surface area contributed by atoms with Crippen molar-refractivity contribution in [3.05, 3.63) is 27.5 Å². The smallest absolute Gasteiger partial charge is 0.339 e. The molecule has 0 aliphatic rings. The van der Waals surface area contributed by atoms with Gasteiger partial charge in [-0.1, -0.05) is 58.6 Å². The molecule has 0 saturated heterocycles. The van der Waals surface area contributed by atoms with Crippen LogP contribution in [0.1, 0.15) is 90.4 Å². The molecular weight excluding hydrogens is 292 g/mol. The second-order valence-corrected chi connectivity index (χ2v) is 6.92. The van der Waals surface area contributed by atoms with Crippen LogP contribution in [-0.2, 0) is 4.74 Å². The highest BCUT2D eigenvalue weighted by Crippen LogP contribution is 2.38. The number of hydrogen-bond acceptors (Lipinski definition) is 3. The van der Waals surface area contributed by atoms with Crippen molar-refractivity contribution in [3.63, 3.8) is 0 Å². The quantitative estimate of drug-likeness (QED) is 0.371. The van der Waals surface area contributed by atoms with E-state index in [1.807, 2.05) is 6.92 Å². The minimum atomic E-state index is -0.243. The molecule has 0 amide bonds. The zero-order chi connectivity index (χ0) is 16.5. The van der Waals surface area contributed by atoms with Crippen molar-refractivity contribution < 1.29 is 9.53 Å². The molecule has 22 heavy (non-hydrogen) atoms. The first-order valence-corrected chi connectivity index (χ1v) is 9.26. The van der Waals surface area contributed by atoms with Crippen LogP contribution in [0.5, 0.6) is 0 Å². The Kier molecular flexibility index (Phi) is 8.47. The first-order valence-electron chi connectivity index (χ1n) is 8.44. The Morgan fingerprint density at radius 2 is 1.95 bits per heavy atom. The molecule has 1 unspecified atom stereocenters. The number of carbonyl (C=O) groups excluding carboxylic acids is 1. The summed E-state index contributed by atoms with van der Waals surface area (Å²) in [7, 11) is 1.44. The van der Waals surface area contributed by atoms with Crippen molar-refractivity contribution in [2.24, 2.45) is 0 Å². The van der Waals surface area contributed by atoms with Gasteiger partial charge in [0.1, 0.15) is 0 Å². The van der Waals surface area contributed by atoms with E-state index >= 15 is 0 Å². The molecule has 1 atom stereocenters. The van der Waals surface area contributed by atoms with Crippen molar-refractivity contribution in [2.75, 3.05) is 7.11 Å². The van der Waals surface area contributed by atoms with Crippen molar-refractivity contribution in [1.82, 2.24) is 0 Å². The number of unbranched alkanes of at least 4 members (excludes halogenated alkanes) is 4. The molecule has 1 aromatic rings. The van der Waals surface area contributed by atoms with Crippen LogP contribution >= 0.6 is 11.3 Å². The minimum Gasteiger partial charge on any atom is -0.465 e. The summed E-state index contributed by atoms with van der Waals surface area (Å²) in [5.41, 5.74) is 1.80. The van der Waals surface area contributed by atoms with Gasteiger partial charge in [-0.15, -0.1) is 11.3 Å². The predicted molar refractivity (Wildman–Crippen MR) is 96.9 cm³/mol. The van der Waals surface area contributed by atoms with Gasteiger partial charge in [0, 0.05) is 9.75 Å². The minimum absolute atomic E-state index is 0.243. The van der Waals surface area contributed by atoms with E-state index in [-0.39, 0.29) is 5.97 Å². The zero-order valence-corrected chi connectivity index (χ0v) is 15.4. The maximum absolute atomic E-state index is 12.0. The lowest BCUT2D eigenvalue weighted by Gasteiger charge is -2.14. The SMILES string of the molecule is C=Cc1sc(C(CC)CCCCCCC)c(C)c1C(=O)OC. The van der Waals surface area contributed by atoms with Gasteiger partial charge < -0.3 is 4.74 Å². The van der Waals surface area contributed by atoms with Gasteiger partial charge in [-0.3, -0.25) is 0 Å². The summed E-state index contributed by atoms with van der Waals surface area (Å²) in [6, 6.07) is 0. The fourth-order valence-corrected chi connectivity index (χ4v) is 4.32. The molecule has 0 aliphatic heterocycles. The standard InChI is InChI=1S/C19H30O2S/c1-6-9-10-11-12-13-15(7-2)18-14(4)17(19(20)21-5)16(8-3)22-18/h8,15H,3,6-7,9-13H2,1-2,4-5H3. The first-order chi connectivity index (χ1) is 10.6. The molecule has 1 aromatic heterocycles. The fraction of sp³-hybridized carbons (Fsp3) is 0.632. The van der Waals surface area contributed by atoms with Gasteiger partial charge in [0.2, 0.25) is 0 Å².